The number of hydrogen-bond acceptors (Lipinski definition) is 4. The van der Waals surface area contributed by atoms with Crippen LogP contribution in [0.4, 0.5) is 0 Å². The third kappa shape index (κ3) is 5.22. The summed E-state index contributed by atoms with van der Waals surface area (Å²) in [6.45, 7) is 2.80. The Balaban J connectivity index is 1.42. The molecule has 0 fully saturated rings. The maximum Gasteiger partial charge on any atom is 0.167 e. The van der Waals surface area contributed by atoms with Gasteiger partial charge in [0.1, 0.15) is 19.0 Å². The van der Waals surface area contributed by atoms with E-state index in [4.69, 9.17) is 9.47 Å². The largest absolute Gasteiger partial charge is 0.507 e. The molecule has 5 rings (SSSR count). The van der Waals surface area contributed by atoms with Gasteiger partial charge in [-0.1, -0.05) is 72.8 Å². The number of fused-ring (bicyclic) bond motifs is 1. The first-order valence-electron chi connectivity index (χ1n) is 11.9. The van der Waals surface area contributed by atoms with E-state index in [-0.39, 0.29) is 17.5 Å². The lowest BCUT2D eigenvalue weighted by Crippen LogP contribution is -2.19. The Kier molecular flexibility index (Phi) is 6.53. The lowest BCUT2D eigenvalue weighted by atomic mass is 9.78. The summed E-state index contributed by atoms with van der Waals surface area (Å²) in [7, 11) is 0. The summed E-state index contributed by atoms with van der Waals surface area (Å²) in [5.41, 5.74) is 5.50. The molecule has 0 amide bonds. The molecule has 4 aromatic carbocycles. The zero-order valence-corrected chi connectivity index (χ0v) is 19.7. The molecule has 0 heterocycles. The molecule has 1 aliphatic carbocycles. The fraction of sp³-hybridized carbons (Fsp3) is 0.194. The Labute approximate surface area is 205 Å². The molecule has 1 atom stereocenters. The minimum absolute atomic E-state index is 0.0125. The molecule has 0 bridgehead atoms. The zero-order valence-electron chi connectivity index (χ0n) is 19.7. The van der Waals surface area contributed by atoms with Crippen molar-refractivity contribution in [3.05, 3.63) is 124 Å². The highest BCUT2D eigenvalue weighted by molar-refractivity contribution is 6.01. The van der Waals surface area contributed by atoms with Crippen LogP contribution < -0.4 is 9.47 Å². The molecular formula is C31H28O4. The first-order valence-corrected chi connectivity index (χ1v) is 11.9. The first-order chi connectivity index (χ1) is 17.1. The number of phenols is 1. The molecule has 0 radical (unpaired) electrons. The van der Waals surface area contributed by atoms with E-state index in [1.165, 1.54) is 0 Å². The topological polar surface area (TPSA) is 55.8 Å². The third-order valence-corrected chi connectivity index (χ3v) is 6.43. The fourth-order valence-electron chi connectivity index (χ4n) is 4.70. The summed E-state index contributed by atoms with van der Waals surface area (Å²) in [5.74, 6) is 1.40. The highest BCUT2D eigenvalue weighted by Gasteiger charge is 2.29. The lowest BCUT2D eigenvalue weighted by molar-refractivity contribution is 0.0961. The summed E-state index contributed by atoms with van der Waals surface area (Å²) >= 11 is 0. The van der Waals surface area contributed by atoms with Gasteiger partial charge in [0, 0.05) is 6.42 Å². The molecule has 4 heteroatoms. The van der Waals surface area contributed by atoms with Gasteiger partial charge in [-0.25, -0.2) is 0 Å². The minimum Gasteiger partial charge on any atom is -0.507 e. The Morgan fingerprint density at radius 1 is 0.771 bits per heavy atom. The van der Waals surface area contributed by atoms with Crippen LogP contribution in [-0.2, 0) is 19.6 Å². The summed E-state index contributed by atoms with van der Waals surface area (Å²) in [6.07, 6.45) is 1.05. The van der Waals surface area contributed by atoms with Crippen LogP contribution in [0.1, 0.15) is 50.5 Å². The van der Waals surface area contributed by atoms with Crippen molar-refractivity contribution in [2.45, 2.75) is 38.9 Å². The fourth-order valence-corrected chi connectivity index (χ4v) is 4.70. The van der Waals surface area contributed by atoms with E-state index in [1.807, 2.05) is 91.9 Å². The second-order valence-electron chi connectivity index (χ2n) is 9.10. The van der Waals surface area contributed by atoms with E-state index in [9.17, 15) is 9.90 Å². The molecule has 0 aromatic heterocycles. The normalized spacial score (nSPS) is 14.9. The van der Waals surface area contributed by atoms with Crippen molar-refractivity contribution in [1.82, 2.24) is 0 Å². The Morgan fingerprint density at radius 2 is 1.40 bits per heavy atom. The maximum absolute atomic E-state index is 12.9. The van der Waals surface area contributed by atoms with Crippen LogP contribution in [0.5, 0.6) is 17.2 Å². The van der Waals surface area contributed by atoms with Gasteiger partial charge in [-0.2, -0.15) is 0 Å². The number of carbonyl (C=O) groups is 1. The lowest BCUT2D eigenvalue weighted by Gasteiger charge is -2.26. The molecule has 1 aliphatic rings. The van der Waals surface area contributed by atoms with E-state index in [2.05, 4.69) is 0 Å². The second-order valence-corrected chi connectivity index (χ2v) is 9.10. The number of phenolic OH excluding ortho intramolecular Hbond substituents is 1. The second kappa shape index (κ2) is 10.1. The average Bonchev–Trinajstić information content (AvgIpc) is 2.87. The molecule has 4 aromatic rings. The number of rotatable bonds is 7. The van der Waals surface area contributed by atoms with Crippen molar-refractivity contribution >= 4 is 5.78 Å². The molecule has 35 heavy (non-hydrogen) atoms. The van der Waals surface area contributed by atoms with Gasteiger partial charge in [-0.3, -0.25) is 4.79 Å². The smallest absolute Gasteiger partial charge is 0.167 e. The van der Waals surface area contributed by atoms with E-state index in [0.29, 0.717) is 43.1 Å². The van der Waals surface area contributed by atoms with Crippen LogP contribution in [0.25, 0.3) is 0 Å². The molecule has 4 nitrogen and oxygen atoms in total. The van der Waals surface area contributed by atoms with Gasteiger partial charge in [0.15, 0.2) is 17.3 Å². The van der Waals surface area contributed by atoms with Gasteiger partial charge < -0.3 is 14.6 Å². The molecule has 176 valence electrons. The standard InChI is InChI=1S/C31H28O4/c1-21-14-26-16-25(17-28(33)31(26)27(32)15-21)24-12-13-29(34-19-22-8-4-2-5-9-22)30(18-24)35-20-23-10-6-3-7-11-23/h2-15,18,25,32H,16-17,19-20H2,1H3/t25-/m1/s1. The molecule has 0 spiro atoms. The van der Waals surface area contributed by atoms with Crippen LogP contribution in [0.2, 0.25) is 0 Å². The first kappa shape index (κ1) is 22.7. The van der Waals surface area contributed by atoms with Crippen LogP contribution in [-0.4, -0.2) is 10.9 Å². The number of carbonyl (C=O) groups excluding carboxylic acids is 1. The highest BCUT2D eigenvalue weighted by atomic mass is 16.5. The number of aryl methyl sites for hydroxylation is 1. The molecule has 0 aliphatic heterocycles. The molecular weight excluding hydrogens is 436 g/mol. The number of benzene rings is 4. The van der Waals surface area contributed by atoms with E-state index < -0.39 is 0 Å². The van der Waals surface area contributed by atoms with Gasteiger partial charge in [0.05, 0.1) is 5.56 Å². The summed E-state index contributed by atoms with van der Waals surface area (Å²) in [5, 5.41) is 10.3. The molecule has 0 unspecified atom stereocenters. The third-order valence-electron chi connectivity index (χ3n) is 6.43. The van der Waals surface area contributed by atoms with Gasteiger partial charge >= 0.3 is 0 Å². The van der Waals surface area contributed by atoms with Crippen LogP contribution >= 0.6 is 0 Å². The minimum atomic E-state index is -0.0232. The number of ether oxygens (including phenoxy) is 2. The molecule has 0 saturated carbocycles. The number of hydrogen-bond donors (Lipinski definition) is 1. The predicted molar refractivity (Wildman–Crippen MR) is 136 cm³/mol. The molecule has 0 saturated heterocycles. The van der Waals surface area contributed by atoms with Crippen molar-refractivity contribution in [3.63, 3.8) is 0 Å². The Bertz CT molecular complexity index is 1330. The van der Waals surface area contributed by atoms with Gasteiger partial charge in [-0.15, -0.1) is 0 Å². The summed E-state index contributed by atoms with van der Waals surface area (Å²) < 4.78 is 12.4. The van der Waals surface area contributed by atoms with Crippen molar-refractivity contribution in [2.24, 2.45) is 0 Å². The van der Waals surface area contributed by atoms with Gasteiger partial charge in [0.25, 0.3) is 0 Å². The maximum atomic E-state index is 12.9. The zero-order chi connectivity index (χ0) is 24.2. The van der Waals surface area contributed by atoms with E-state index in [0.717, 1.165) is 27.8 Å². The van der Waals surface area contributed by atoms with Crippen molar-refractivity contribution < 1.29 is 19.4 Å². The van der Waals surface area contributed by atoms with E-state index >= 15 is 0 Å². The van der Waals surface area contributed by atoms with Gasteiger partial charge in [0.2, 0.25) is 0 Å². The Hall–Kier alpha value is -4.05. The van der Waals surface area contributed by atoms with Crippen molar-refractivity contribution in [2.75, 3.05) is 0 Å². The van der Waals surface area contributed by atoms with Crippen molar-refractivity contribution in [1.29, 1.82) is 0 Å². The quantitative estimate of drug-likeness (QED) is 0.328. The number of Topliss-reactive ketones (excluding diaryl/α,β-unsaturated/α-hetero) is 1. The highest BCUT2D eigenvalue weighted by Crippen LogP contribution is 2.40. The monoisotopic (exact) mass is 464 g/mol. The summed E-state index contributed by atoms with van der Waals surface area (Å²) in [6, 6.07) is 29.7. The van der Waals surface area contributed by atoms with Gasteiger partial charge in [-0.05, 0) is 65.3 Å². The SMILES string of the molecule is Cc1cc(O)c2c(c1)C[C@@H](c1ccc(OCc3ccccc3)c(OCc3ccccc3)c1)CC2=O. The van der Waals surface area contributed by atoms with Crippen molar-refractivity contribution in [3.8, 4) is 17.2 Å². The van der Waals surface area contributed by atoms with Crippen LogP contribution in [0.15, 0.2) is 91.0 Å². The van der Waals surface area contributed by atoms with Crippen LogP contribution in [0, 0.1) is 6.92 Å². The average molecular weight is 465 g/mol. The van der Waals surface area contributed by atoms with E-state index in [1.54, 1.807) is 6.07 Å². The van der Waals surface area contributed by atoms with Crippen LogP contribution in [0.3, 0.4) is 0 Å². The Morgan fingerprint density at radius 3 is 2.06 bits per heavy atom. The predicted octanol–water partition coefficient (Wildman–Crippen LogP) is 6.77. The molecule has 1 N–H and O–H groups in total. The number of ketones is 1. The summed E-state index contributed by atoms with van der Waals surface area (Å²) in [4.78, 5) is 12.9. The number of aromatic hydroxyl groups is 1.